The molecule has 1 saturated heterocycles. The monoisotopic (exact) mass is 405 g/mol. The highest BCUT2D eigenvalue weighted by atomic mass is 16.2. The second-order valence-electron chi connectivity index (χ2n) is 7.91. The van der Waals surface area contributed by atoms with Crippen molar-refractivity contribution in [3.05, 3.63) is 77.4 Å². The third kappa shape index (κ3) is 6.56. The number of carbonyl (C=O) groups is 2. The maximum atomic E-state index is 12.8. The van der Waals surface area contributed by atoms with Gasteiger partial charge in [-0.15, -0.1) is 0 Å². The summed E-state index contributed by atoms with van der Waals surface area (Å²) >= 11 is 0. The van der Waals surface area contributed by atoms with E-state index in [1.165, 1.54) is 17.2 Å². The van der Waals surface area contributed by atoms with Crippen molar-refractivity contribution < 1.29 is 9.59 Å². The van der Waals surface area contributed by atoms with Crippen LogP contribution in [0.1, 0.15) is 30.0 Å². The zero-order valence-electron chi connectivity index (χ0n) is 17.9. The third-order valence-corrected chi connectivity index (χ3v) is 5.38. The first kappa shape index (κ1) is 21.8. The molecule has 0 bridgehead atoms. The lowest BCUT2D eigenvalue weighted by Crippen LogP contribution is -2.47. The second-order valence-corrected chi connectivity index (χ2v) is 7.91. The van der Waals surface area contributed by atoms with Crippen molar-refractivity contribution >= 4 is 17.9 Å². The van der Waals surface area contributed by atoms with Crippen LogP contribution in [0.25, 0.3) is 6.08 Å². The lowest BCUT2D eigenvalue weighted by atomic mass is 10.1. The van der Waals surface area contributed by atoms with Crippen LogP contribution in [0.15, 0.2) is 60.7 Å². The molecule has 0 saturated carbocycles. The van der Waals surface area contributed by atoms with Crippen LogP contribution < -0.4 is 5.32 Å². The minimum Gasteiger partial charge on any atom is -0.341 e. The first-order valence-electron chi connectivity index (χ1n) is 10.6. The molecule has 0 radical (unpaired) electrons. The Kier molecular flexibility index (Phi) is 7.80. The molecular weight excluding hydrogens is 374 g/mol. The van der Waals surface area contributed by atoms with E-state index >= 15 is 0 Å². The maximum Gasteiger partial charge on any atom is 0.244 e. The summed E-state index contributed by atoms with van der Waals surface area (Å²) in [7, 11) is 0. The Labute approximate surface area is 179 Å². The zero-order chi connectivity index (χ0) is 21.3. The van der Waals surface area contributed by atoms with Gasteiger partial charge in [0.1, 0.15) is 6.04 Å². The molecule has 158 valence electrons. The van der Waals surface area contributed by atoms with Gasteiger partial charge in [0.2, 0.25) is 11.8 Å². The largest absolute Gasteiger partial charge is 0.341 e. The minimum absolute atomic E-state index is 0.0198. The second kappa shape index (κ2) is 10.7. The van der Waals surface area contributed by atoms with E-state index in [9.17, 15) is 9.59 Å². The molecular formula is C25H31N3O2. The lowest BCUT2D eigenvalue weighted by molar-refractivity contribution is -0.135. The number of aryl methyl sites for hydroxylation is 1. The summed E-state index contributed by atoms with van der Waals surface area (Å²) in [6.07, 6.45) is 4.17. The molecule has 1 heterocycles. The van der Waals surface area contributed by atoms with Gasteiger partial charge in [0.25, 0.3) is 0 Å². The van der Waals surface area contributed by atoms with Crippen molar-refractivity contribution in [3.8, 4) is 0 Å². The number of rotatable bonds is 6. The highest BCUT2D eigenvalue weighted by Crippen LogP contribution is 2.11. The average Bonchev–Trinajstić information content (AvgIpc) is 2.99. The van der Waals surface area contributed by atoms with Crippen LogP contribution >= 0.6 is 0 Å². The summed E-state index contributed by atoms with van der Waals surface area (Å²) in [6.45, 7) is 7.97. The molecule has 2 aromatic rings. The van der Waals surface area contributed by atoms with Crippen molar-refractivity contribution in [3.63, 3.8) is 0 Å². The summed E-state index contributed by atoms with van der Waals surface area (Å²) in [6, 6.07) is 17.7. The highest BCUT2D eigenvalue weighted by Gasteiger charge is 2.24. The first-order valence-corrected chi connectivity index (χ1v) is 10.6. The van der Waals surface area contributed by atoms with Crippen molar-refractivity contribution in [2.24, 2.45) is 0 Å². The Morgan fingerprint density at radius 3 is 2.47 bits per heavy atom. The van der Waals surface area contributed by atoms with E-state index in [1.54, 1.807) is 13.0 Å². The van der Waals surface area contributed by atoms with E-state index in [1.807, 2.05) is 35.2 Å². The summed E-state index contributed by atoms with van der Waals surface area (Å²) in [5.41, 5.74) is 3.51. The molecule has 0 aliphatic carbocycles. The number of hydrogen-bond donors (Lipinski definition) is 1. The van der Waals surface area contributed by atoms with Gasteiger partial charge in [0.15, 0.2) is 0 Å². The topological polar surface area (TPSA) is 52.6 Å². The van der Waals surface area contributed by atoms with E-state index in [0.29, 0.717) is 6.54 Å². The summed E-state index contributed by atoms with van der Waals surface area (Å²) in [4.78, 5) is 29.3. The molecule has 1 aliphatic heterocycles. The Morgan fingerprint density at radius 2 is 1.73 bits per heavy atom. The summed E-state index contributed by atoms with van der Waals surface area (Å²) in [5, 5.41) is 2.79. The number of hydrogen-bond acceptors (Lipinski definition) is 3. The lowest BCUT2D eigenvalue weighted by Gasteiger charge is -2.25. The molecule has 2 amide bonds. The molecule has 5 heteroatoms. The molecule has 1 aliphatic rings. The Balaban J connectivity index is 1.48. The number of carbonyl (C=O) groups excluding carboxylic acids is 2. The first-order chi connectivity index (χ1) is 14.5. The predicted molar refractivity (Wildman–Crippen MR) is 121 cm³/mol. The molecule has 0 aromatic heterocycles. The van der Waals surface area contributed by atoms with E-state index in [2.05, 4.69) is 41.4 Å². The fourth-order valence-electron chi connectivity index (χ4n) is 3.63. The van der Waals surface area contributed by atoms with Crippen LogP contribution in [0.5, 0.6) is 0 Å². The third-order valence-electron chi connectivity index (χ3n) is 5.38. The van der Waals surface area contributed by atoms with Crippen molar-refractivity contribution in [2.75, 3.05) is 26.2 Å². The molecule has 3 rings (SSSR count). The van der Waals surface area contributed by atoms with Crippen LogP contribution in [-0.2, 0) is 16.1 Å². The number of amides is 2. The molecule has 5 nitrogen and oxygen atoms in total. The van der Waals surface area contributed by atoms with Crippen LogP contribution in [0, 0.1) is 6.92 Å². The maximum absolute atomic E-state index is 12.8. The summed E-state index contributed by atoms with van der Waals surface area (Å²) in [5.74, 6) is -0.274. The van der Waals surface area contributed by atoms with Crippen molar-refractivity contribution in [1.29, 1.82) is 0 Å². The Morgan fingerprint density at radius 1 is 1.00 bits per heavy atom. The van der Waals surface area contributed by atoms with Gasteiger partial charge in [-0.05, 0) is 37.5 Å². The minimum atomic E-state index is -0.540. The Hall–Kier alpha value is -2.92. The van der Waals surface area contributed by atoms with Crippen LogP contribution in [0.3, 0.4) is 0 Å². The Bertz CT molecular complexity index is 862. The van der Waals surface area contributed by atoms with Gasteiger partial charge in [0, 0.05) is 38.8 Å². The zero-order valence-corrected chi connectivity index (χ0v) is 17.9. The van der Waals surface area contributed by atoms with Gasteiger partial charge in [-0.3, -0.25) is 14.5 Å². The number of nitrogens with one attached hydrogen (secondary N) is 1. The van der Waals surface area contributed by atoms with Crippen LogP contribution in [0.2, 0.25) is 0 Å². The van der Waals surface area contributed by atoms with Gasteiger partial charge in [-0.1, -0.05) is 60.2 Å². The summed E-state index contributed by atoms with van der Waals surface area (Å²) < 4.78 is 0. The highest BCUT2D eigenvalue weighted by molar-refractivity contribution is 5.95. The standard InChI is InChI=1S/C25H31N3O2/c1-20-9-11-23(12-10-20)19-27-15-6-16-28(18-17-27)25(30)21(2)26-24(29)14-13-22-7-4-3-5-8-22/h3-5,7-14,21H,6,15-19H2,1-2H3,(H,26,29)/b14-13+/t21-/m0/s1. The van der Waals surface area contributed by atoms with E-state index in [0.717, 1.165) is 38.2 Å². The molecule has 1 fully saturated rings. The van der Waals surface area contributed by atoms with Gasteiger partial charge >= 0.3 is 0 Å². The predicted octanol–water partition coefficient (Wildman–Crippen LogP) is 3.25. The molecule has 1 N–H and O–H groups in total. The molecule has 0 unspecified atom stereocenters. The van der Waals surface area contributed by atoms with Crippen molar-refractivity contribution in [1.82, 2.24) is 15.1 Å². The smallest absolute Gasteiger partial charge is 0.244 e. The van der Waals surface area contributed by atoms with Crippen molar-refractivity contribution in [2.45, 2.75) is 32.9 Å². The van der Waals surface area contributed by atoms with Gasteiger partial charge in [0.05, 0.1) is 0 Å². The van der Waals surface area contributed by atoms with Gasteiger partial charge in [-0.25, -0.2) is 0 Å². The average molecular weight is 406 g/mol. The SMILES string of the molecule is Cc1ccc(CN2CCCN(C(=O)[C@H](C)NC(=O)/C=C/c3ccccc3)CC2)cc1. The quantitative estimate of drug-likeness (QED) is 0.751. The van der Waals surface area contributed by atoms with Gasteiger partial charge in [-0.2, -0.15) is 0 Å². The van der Waals surface area contributed by atoms with E-state index < -0.39 is 6.04 Å². The van der Waals surface area contributed by atoms with E-state index in [-0.39, 0.29) is 11.8 Å². The number of benzene rings is 2. The van der Waals surface area contributed by atoms with Crippen LogP contribution in [0.4, 0.5) is 0 Å². The van der Waals surface area contributed by atoms with Crippen LogP contribution in [-0.4, -0.2) is 53.8 Å². The van der Waals surface area contributed by atoms with Gasteiger partial charge < -0.3 is 10.2 Å². The fraction of sp³-hybridized carbons (Fsp3) is 0.360. The number of nitrogens with zero attached hydrogens (tertiary/aromatic N) is 2. The van der Waals surface area contributed by atoms with E-state index in [4.69, 9.17) is 0 Å². The molecule has 30 heavy (non-hydrogen) atoms. The normalized spacial score (nSPS) is 16.3. The molecule has 2 aromatic carbocycles. The molecule has 0 spiro atoms. The fourth-order valence-corrected chi connectivity index (χ4v) is 3.63. The molecule has 1 atom stereocenters.